The summed E-state index contributed by atoms with van der Waals surface area (Å²) in [5.41, 5.74) is 2.05. The van der Waals surface area contributed by atoms with E-state index in [1.807, 2.05) is 66.7 Å². The number of nitrogens with one attached hydrogen (secondary N) is 2. The predicted octanol–water partition coefficient (Wildman–Crippen LogP) is 3.97. The van der Waals surface area contributed by atoms with Gasteiger partial charge in [0, 0.05) is 16.5 Å². The molecular weight excluding hydrogens is 274 g/mol. The van der Waals surface area contributed by atoms with E-state index >= 15 is 0 Å². The second-order valence-corrected chi connectivity index (χ2v) is 5.10. The van der Waals surface area contributed by atoms with Crippen LogP contribution in [0.3, 0.4) is 0 Å². The summed E-state index contributed by atoms with van der Waals surface area (Å²) in [5, 5.41) is 12.9. The van der Waals surface area contributed by atoms with Crippen LogP contribution in [0, 0.1) is 0 Å². The Bertz CT molecular complexity index is 982. The number of carbonyl (C=O) groups excluding carboxylic acids is 1. The number of carbonyl (C=O) groups is 1. The first-order valence-electron chi connectivity index (χ1n) is 7.05. The number of nitrogens with zero attached hydrogens (tertiary/aromatic N) is 1. The van der Waals surface area contributed by atoms with E-state index < -0.39 is 0 Å². The Morgan fingerprint density at radius 2 is 1.59 bits per heavy atom. The third-order valence-corrected chi connectivity index (χ3v) is 3.72. The van der Waals surface area contributed by atoms with Crippen molar-refractivity contribution in [3.8, 4) is 0 Å². The maximum atomic E-state index is 12.5. The average molecular weight is 287 g/mol. The lowest BCUT2D eigenvalue weighted by Gasteiger charge is -2.07. The molecule has 4 heteroatoms. The second kappa shape index (κ2) is 5.00. The molecule has 0 spiro atoms. The van der Waals surface area contributed by atoms with Gasteiger partial charge in [-0.05, 0) is 17.5 Å². The van der Waals surface area contributed by atoms with E-state index in [0.717, 1.165) is 27.4 Å². The molecule has 1 aromatic heterocycles. The summed E-state index contributed by atoms with van der Waals surface area (Å²) < 4.78 is 0. The van der Waals surface area contributed by atoms with Crippen LogP contribution in [0.25, 0.3) is 21.7 Å². The number of para-hydroxylation sites is 1. The summed E-state index contributed by atoms with van der Waals surface area (Å²) in [6.45, 7) is 0. The molecule has 2 N–H and O–H groups in total. The molecule has 3 aromatic carbocycles. The number of benzene rings is 3. The number of H-pyrrole nitrogens is 1. The van der Waals surface area contributed by atoms with E-state index in [4.69, 9.17) is 0 Å². The zero-order valence-corrected chi connectivity index (χ0v) is 11.7. The van der Waals surface area contributed by atoms with Crippen molar-refractivity contribution in [1.29, 1.82) is 0 Å². The number of aromatic nitrogens is 2. The number of hydrogen-bond acceptors (Lipinski definition) is 2. The van der Waals surface area contributed by atoms with Crippen LogP contribution >= 0.6 is 0 Å². The number of fused-ring (bicyclic) bond motifs is 2. The number of amides is 1. The van der Waals surface area contributed by atoms with Crippen molar-refractivity contribution < 1.29 is 4.79 Å². The minimum Gasteiger partial charge on any atom is -0.320 e. The van der Waals surface area contributed by atoms with Crippen LogP contribution in [0.2, 0.25) is 0 Å². The first-order valence-corrected chi connectivity index (χ1v) is 7.05. The third kappa shape index (κ3) is 2.02. The second-order valence-electron chi connectivity index (χ2n) is 5.10. The van der Waals surface area contributed by atoms with Crippen molar-refractivity contribution >= 4 is 33.3 Å². The molecule has 0 bridgehead atoms. The van der Waals surface area contributed by atoms with E-state index in [1.165, 1.54) is 0 Å². The highest BCUT2D eigenvalue weighted by Gasteiger charge is 2.14. The van der Waals surface area contributed by atoms with Crippen molar-refractivity contribution in [2.24, 2.45) is 0 Å². The Kier molecular flexibility index (Phi) is 2.86. The number of rotatable bonds is 2. The van der Waals surface area contributed by atoms with Gasteiger partial charge in [0.25, 0.3) is 5.91 Å². The number of anilines is 1. The van der Waals surface area contributed by atoms with Crippen LogP contribution in [-0.4, -0.2) is 16.1 Å². The van der Waals surface area contributed by atoms with Crippen molar-refractivity contribution in [2.75, 3.05) is 5.32 Å². The zero-order valence-electron chi connectivity index (χ0n) is 11.7. The molecule has 1 heterocycles. The number of hydrogen-bond donors (Lipinski definition) is 2. The van der Waals surface area contributed by atoms with Gasteiger partial charge >= 0.3 is 0 Å². The van der Waals surface area contributed by atoms with Crippen molar-refractivity contribution in [2.45, 2.75) is 0 Å². The lowest BCUT2D eigenvalue weighted by Crippen LogP contribution is -2.13. The van der Waals surface area contributed by atoms with Crippen LogP contribution in [0.1, 0.15) is 10.5 Å². The molecule has 0 saturated heterocycles. The van der Waals surface area contributed by atoms with Crippen LogP contribution in [0.4, 0.5) is 5.69 Å². The third-order valence-electron chi connectivity index (χ3n) is 3.72. The topological polar surface area (TPSA) is 57.8 Å². The monoisotopic (exact) mass is 287 g/mol. The molecule has 0 saturated carbocycles. The van der Waals surface area contributed by atoms with Gasteiger partial charge in [-0.25, -0.2) is 0 Å². The van der Waals surface area contributed by atoms with Crippen molar-refractivity contribution in [3.63, 3.8) is 0 Å². The van der Waals surface area contributed by atoms with E-state index in [9.17, 15) is 4.79 Å². The van der Waals surface area contributed by atoms with Crippen LogP contribution in [-0.2, 0) is 0 Å². The Labute approximate surface area is 126 Å². The van der Waals surface area contributed by atoms with Gasteiger partial charge < -0.3 is 5.32 Å². The van der Waals surface area contributed by atoms with Gasteiger partial charge in [0.05, 0.1) is 5.52 Å². The molecule has 4 rings (SSSR count). The van der Waals surface area contributed by atoms with Crippen LogP contribution in [0.5, 0.6) is 0 Å². The van der Waals surface area contributed by atoms with Gasteiger partial charge in [0.15, 0.2) is 5.69 Å². The predicted molar refractivity (Wildman–Crippen MR) is 88.0 cm³/mol. The fourth-order valence-corrected chi connectivity index (χ4v) is 2.65. The maximum absolute atomic E-state index is 12.5. The standard InChI is InChI=1S/C18H13N3O/c22-18(17-14-9-3-4-10-16(14)20-21-17)19-15-11-5-7-12-6-1-2-8-13(12)15/h1-11H,(H,19,22)(H,20,21). The fourth-order valence-electron chi connectivity index (χ4n) is 2.65. The molecule has 0 unspecified atom stereocenters. The van der Waals surface area contributed by atoms with Gasteiger partial charge in [-0.1, -0.05) is 54.6 Å². The minimum absolute atomic E-state index is 0.214. The normalized spacial score (nSPS) is 10.9. The molecule has 0 aliphatic heterocycles. The first-order chi connectivity index (χ1) is 10.8. The molecule has 0 radical (unpaired) electrons. The quantitative estimate of drug-likeness (QED) is 0.586. The average Bonchev–Trinajstić information content (AvgIpc) is 2.99. The van der Waals surface area contributed by atoms with Crippen LogP contribution in [0.15, 0.2) is 66.7 Å². The smallest absolute Gasteiger partial charge is 0.276 e. The highest BCUT2D eigenvalue weighted by atomic mass is 16.1. The molecule has 0 fully saturated rings. The molecule has 4 aromatic rings. The molecule has 22 heavy (non-hydrogen) atoms. The Morgan fingerprint density at radius 3 is 2.50 bits per heavy atom. The highest BCUT2D eigenvalue weighted by Crippen LogP contribution is 2.24. The molecule has 0 atom stereocenters. The summed E-state index contributed by atoms with van der Waals surface area (Å²) in [6.07, 6.45) is 0. The summed E-state index contributed by atoms with van der Waals surface area (Å²) in [4.78, 5) is 12.5. The summed E-state index contributed by atoms with van der Waals surface area (Å²) in [5.74, 6) is -0.214. The Morgan fingerprint density at radius 1 is 0.864 bits per heavy atom. The fraction of sp³-hybridized carbons (Fsp3) is 0. The van der Waals surface area contributed by atoms with E-state index in [2.05, 4.69) is 15.5 Å². The van der Waals surface area contributed by atoms with Crippen molar-refractivity contribution in [1.82, 2.24) is 10.2 Å². The van der Waals surface area contributed by atoms with Gasteiger partial charge in [0.1, 0.15) is 0 Å². The molecule has 4 nitrogen and oxygen atoms in total. The van der Waals surface area contributed by atoms with Gasteiger partial charge in [-0.2, -0.15) is 5.10 Å². The number of aromatic amines is 1. The van der Waals surface area contributed by atoms with E-state index in [1.54, 1.807) is 0 Å². The molecule has 1 amide bonds. The summed E-state index contributed by atoms with van der Waals surface area (Å²) in [7, 11) is 0. The SMILES string of the molecule is O=C(Nc1cccc2ccccc12)c1n[nH]c2ccccc12. The Hall–Kier alpha value is -3.14. The summed E-state index contributed by atoms with van der Waals surface area (Å²) in [6, 6.07) is 21.4. The maximum Gasteiger partial charge on any atom is 0.276 e. The zero-order chi connectivity index (χ0) is 14.9. The van der Waals surface area contributed by atoms with Crippen molar-refractivity contribution in [3.05, 3.63) is 72.4 Å². The highest BCUT2D eigenvalue weighted by molar-refractivity contribution is 6.13. The molecule has 106 valence electrons. The lowest BCUT2D eigenvalue weighted by atomic mass is 10.1. The lowest BCUT2D eigenvalue weighted by molar-refractivity contribution is 0.102. The van der Waals surface area contributed by atoms with E-state index in [-0.39, 0.29) is 5.91 Å². The molecule has 0 aliphatic rings. The van der Waals surface area contributed by atoms with Gasteiger partial charge in [0.2, 0.25) is 0 Å². The van der Waals surface area contributed by atoms with Gasteiger partial charge in [-0.3, -0.25) is 9.89 Å². The minimum atomic E-state index is -0.214. The summed E-state index contributed by atoms with van der Waals surface area (Å²) >= 11 is 0. The van der Waals surface area contributed by atoms with Gasteiger partial charge in [-0.15, -0.1) is 0 Å². The molecule has 0 aliphatic carbocycles. The first kappa shape index (κ1) is 12.6. The Balaban J connectivity index is 1.75. The molecular formula is C18H13N3O. The largest absolute Gasteiger partial charge is 0.320 e. The van der Waals surface area contributed by atoms with E-state index in [0.29, 0.717) is 5.69 Å². The van der Waals surface area contributed by atoms with Crippen LogP contribution < -0.4 is 5.32 Å².